The first kappa shape index (κ1) is 24.8. The average molecular weight is 515 g/mol. The number of fused-ring (bicyclic) bond motifs is 1. The predicted octanol–water partition coefficient (Wildman–Crippen LogP) is 4.33. The first-order valence-corrected chi connectivity index (χ1v) is 11.8. The van der Waals surface area contributed by atoms with E-state index in [9.17, 15) is 18.0 Å². The lowest BCUT2D eigenvalue weighted by atomic mass is 10.0. The Kier molecular flexibility index (Phi) is 6.88. The van der Waals surface area contributed by atoms with Crippen molar-refractivity contribution in [3.8, 4) is 17.4 Å². The van der Waals surface area contributed by atoms with Crippen LogP contribution in [0.2, 0.25) is 0 Å². The minimum absolute atomic E-state index is 0.156. The zero-order valence-corrected chi connectivity index (χ0v) is 20.1. The van der Waals surface area contributed by atoms with Crippen LogP contribution in [0, 0.1) is 0 Å². The molecule has 5 rings (SSSR count). The molecule has 0 N–H and O–H groups in total. The van der Waals surface area contributed by atoms with Gasteiger partial charge in [0.1, 0.15) is 0 Å². The van der Waals surface area contributed by atoms with Crippen LogP contribution in [-0.2, 0) is 23.9 Å². The van der Waals surface area contributed by atoms with Gasteiger partial charge in [-0.1, -0.05) is 12.1 Å². The van der Waals surface area contributed by atoms with Crippen LogP contribution >= 0.6 is 0 Å². The van der Waals surface area contributed by atoms with Crippen molar-refractivity contribution in [2.75, 3.05) is 44.9 Å². The molecule has 2 aliphatic heterocycles. The zero-order valence-electron chi connectivity index (χ0n) is 20.1. The van der Waals surface area contributed by atoms with Gasteiger partial charge in [-0.2, -0.15) is 18.2 Å². The molecule has 0 atom stereocenters. The van der Waals surface area contributed by atoms with E-state index in [1.165, 1.54) is 12.1 Å². The summed E-state index contributed by atoms with van der Waals surface area (Å²) < 4.78 is 55.9. The molecular formula is C26H25F3N4O4. The van der Waals surface area contributed by atoms with Crippen LogP contribution in [0.15, 0.2) is 48.5 Å². The molecule has 194 valence electrons. The quantitative estimate of drug-likeness (QED) is 0.502. The number of carbonyl (C=O) groups excluding carboxylic acids is 1. The molecule has 1 aromatic heterocycles. The summed E-state index contributed by atoms with van der Waals surface area (Å²) in [5, 5.41) is 0. The maximum Gasteiger partial charge on any atom is 0.416 e. The third kappa shape index (κ3) is 5.31. The molecule has 8 nitrogen and oxygen atoms in total. The van der Waals surface area contributed by atoms with Crippen LogP contribution in [-0.4, -0.2) is 60.7 Å². The zero-order chi connectivity index (χ0) is 26.0. The van der Waals surface area contributed by atoms with Gasteiger partial charge in [-0.25, -0.2) is 4.98 Å². The molecule has 0 spiro atoms. The lowest BCUT2D eigenvalue weighted by Gasteiger charge is -2.32. The highest BCUT2D eigenvalue weighted by molar-refractivity contribution is 5.94. The second-order valence-corrected chi connectivity index (χ2v) is 8.66. The fraction of sp³-hybridized carbons (Fsp3) is 0.346. The van der Waals surface area contributed by atoms with Crippen molar-refractivity contribution in [1.29, 1.82) is 0 Å². The lowest BCUT2D eigenvalue weighted by molar-refractivity contribution is -0.137. The monoisotopic (exact) mass is 514 g/mol. The maximum atomic E-state index is 13.2. The van der Waals surface area contributed by atoms with Gasteiger partial charge < -0.3 is 24.0 Å². The Hall–Kier alpha value is -3.86. The van der Waals surface area contributed by atoms with Crippen LogP contribution in [0.4, 0.5) is 19.1 Å². The van der Waals surface area contributed by atoms with E-state index in [4.69, 9.17) is 24.2 Å². The minimum Gasteiger partial charge on any atom is -0.493 e. The van der Waals surface area contributed by atoms with Crippen LogP contribution in [0.1, 0.15) is 27.2 Å². The molecule has 0 unspecified atom stereocenters. The first-order chi connectivity index (χ1) is 17.8. The summed E-state index contributed by atoms with van der Waals surface area (Å²) in [5.74, 6) is 1.44. The van der Waals surface area contributed by atoms with E-state index < -0.39 is 11.7 Å². The van der Waals surface area contributed by atoms with E-state index >= 15 is 0 Å². The Morgan fingerprint density at radius 2 is 1.68 bits per heavy atom. The van der Waals surface area contributed by atoms with Crippen LogP contribution in [0.3, 0.4) is 0 Å². The van der Waals surface area contributed by atoms with Gasteiger partial charge in [0.05, 0.1) is 43.7 Å². The van der Waals surface area contributed by atoms with Gasteiger partial charge in [-0.05, 0) is 36.4 Å². The molecule has 1 amide bonds. The number of alkyl halides is 3. The van der Waals surface area contributed by atoms with E-state index in [1.807, 2.05) is 17.0 Å². The second kappa shape index (κ2) is 10.3. The molecule has 11 heteroatoms. The van der Waals surface area contributed by atoms with E-state index in [-0.39, 0.29) is 18.0 Å². The predicted molar refractivity (Wildman–Crippen MR) is 128 cm³/mol. The number of aromatic nitrogens is 2. The van der Waals surface area contributed by atoms with Crippen LogP contribution in [0.25, 0.3) is 0 Å². The van der Waals surface area contributed by atoms with E-state index in [0.717, 1.165) is 17.8 Å². The van der Waals surface area contributed by atoms with Crippen molar-refractivity contribution in [1.82, 2.24) is 14.9 Å². The molecule has 0 bridgehead atoms. The number of benzene rings is 2. The highest BCUT2D eigenvalue weighted by Crippen LogP contribution is 2.36. The smallest absolute Gasteiger partial charge is 0.416 e. The highest BCUT2D eigenvalue weighted by Gasteiger charge is 2.32. The van der Waals surface area contributed by atoms with E-state index in [1.54, 1.807) is 24.1 Å². The number of ether oxygens (including phenoxy) is 3. The molecule has 3 aromatic rings. The number of amides is 1. The van der Waals surface area contributed by atoms with Gasteiger partial charge >= 0.3 is 6.18 Å². The standard InChI is InChI=1S/C26H25F3N4O4/c1-35-21-4-2-3-5-22(21)37-23-19-16-33(24(34)17-6-8-18(9-7-17)26(27,28)29)11-10-20(19)30-25(31-23)32-12-14-36-15-13-32/h2-9H,10-16H2,1H3. The summed E-state index contributed by atoms with van der Waals surface area (Å²) >= 11 is 0. The number of para-hydroxylation sites is 2. The Morgan fingerprint density at radius 1 is 0.973 bits per heavy atom. The van der Waals surface area contributed by atoms with Crippen LogP contribution in [0.5, 0.6) is 17.4 Å². The SMILES string of the molecule is COc1ccccc1Oc1nc(N2CCOCC2)nc2c1CN(C(=O)c1ccc(C(F)(F)F)cc1)CC2. The molecule has 1 fully saturated rings. The van der Waals surface area contributed by atoms with E-state index in [2.05, 4.69) is 0 Å². The van der Waals surface area contributed by atoms with Gasteiger partial charge in [0, 0.05) is 31.6 Å². The number of halogens is 3. The molecular weight excluding hydrogens is 489 g/mol. The normalized spacial score (nSPS) is 15.8. The Balaban J connectivity index is 1.46. The number of carbonyl (C=O) groups is 1. The third-order valence-corrected chi connectivity index (χ3v) is 6.33. The van der Waals surface area contributed by atoms with Crippen molar-refractivity contribution < 1.29 is 32.2 Å². The van der Waals surface area contributed by atoms with Crippen molar-refractivity contribution in [3.63, 3.8) is 0 Å². The minimum atomic E-state index is -4.47. The lowest BCUT2D eigenvalue weighted by Crippen LogP contribution is -2.39. The molecule has 2 aromatic carbocycles. The molecule has 0 saturated carbocycles. The summed E-state index contributed by atoms with van der Waals surface area (Å²) in [4.78, 5) is 26.2. The maximum absolute atomic E-state index is 13.2. The fourth-order valence-corrected chi connectivity index (χ4v) is 4.33. The van der Waals surface area contributed by atoms with Crippen molar-refractivity contribution >= 4 is 11.9 Å². The molecule has 0 aliphatic carbocycles. The van der Waals surface area contributed by atoms with Gasteiger partial charge in [-0.15, -0.1) is 0 Å². The summed E-state index contributed by atoms with van der Waals surface area (Å²) in [6.45, 7) is 2.94. The van der Waals surface area contributed by atoms with Gasteiger partial charge in [-0.3, -0.25) is 4.79 Å². The number of rotatable bonds is 5. The van der Waals surface area contributed by atoms with Crippen molar-refractivity contribution in [2.45, 2.75) is 19.1 Å². The Morgan fingerprint density at radius 3 is 2.35 bits per heavy atom. The Bertz CT molecular complexity index is 1280. The van der Waals surface area contributed by atoms with E-state index in [0.29, 0.717) is 68.2 Å². The number of methoxy groups -OCH3 is 1. The topological polar surface area (TPSA) is 77.0 Å². The number of anilines is 1. The van der Waals surface area contributed by atoms with Crippen LogP contribution < -0.4 is 14.4 Å². The van der Waals surface area contributed by atoms with Crippen molar-refractivity contribution in [2.24, 2.45) is 0 Å². The van der Waals surface area contributed by atoms with Crippen molar-refractivity contribution in [3.05, 3.63) is 70.9 Å². The summed E-state index contributed by atoms with van der Waals surface area (Å²) in [6.07, 6.45) is -4.02. The third-order valence-electron chi connectivity index (χ3n) is 6.33. The molecule has 0 radical (unpaired) electrons. The summed E-state index contributed by atoms with van der Waals surface area (Å²) in [6, 6.07) is 11.4. The summed E-state index contributed by atoms with van der Waals surface area (Å²) in [7, 11) is 1.54. The largest absolute Gasteiger partial charge is 0.493 e. The molecule has 37 heavy (non-hydrogen) atoms. The van der Waals surface area contributed by atoms with Gasteiger partial charge in [0.15, 0.2) is 11.5 Å². The van der Waals surface area contributed by atoms with Gasteiger partial charge in [0.2, 0.25) is 11.8 Å². The average Bonchev–Trinajstić information content (AvgIpc) is 2.92. The summed E-state index contributed by atoms with van der Waals surface area (Å²) in [5.41, 5.74) is 0.784. The molecule has 3 heterocycles. The van der Waals surface area contributed by atoms with Gasteiger partial charge in [0.25, 0.3) is 5.91 Å². The molecule has 2 aliphatic rings. The Labute approximate surface area is 211 Å². The number of hydrogen-bond acceptors (Lipinski definition) is 7. The second-order valence-electron chi connectivity index (χ2n) is 8.66. The fourth-order valence-electron chi connectivity index (χ4n) is 4.33. The highest BCUT2D eigenvalue weighted by atomic mass is 19.4. The first-order valence-electron chi connectivity index (χ1n) is 11.8. The number of hydrogen-bond donors (Lipinski definition) is 0. The number of nitrogens with zero attached hydrogens (tertiary/aromatic N) is 4. The molecule has 1 saturated heterocycles. The number of morpholine rings is 1.